The summed E-state index contributed by atoms with van der Waals surface area (Å²) in [5.74, 6) is 0. The molecule has 1 aliphatic rings. The zero-order valence-electron chi connectivity index (χ0n) is 5.79. The van der Waals surface area contributed by atoms with Crippen LogP contribution in [0.25, 0.3) is 0 Å². The van der Waals surface area contributed by atoms with Crippen LogP contribution in [0.5, 0.6) is 0 Å². The van der Waals surface area contributed by atoms with Gasteiger partial charge in [-0.25, -0.2) is 0 Å². The fraction of sp³-hybridized carbons (Fsp3) is 1.00. The average Bonchev–Trinajstić information content (AvgIpc) is 2.34. The van der Waals surface area contributed by atoms with Gasteiger partial charge in [-0.05, 0) is 12.8 Å². The number of halogens is 1. The number of aliphatic hydroxyl groups excluding tert-OH is 2. The monoisotopic (exact) mass is 167 g/mol. The number of hydrogen-bond acceptors (Lipinski definition) is 3. The minimum absolute atomic E-state index is 0. The van der Waals surface area contributed by atoms with Crippen molar-refractivity contribution in [2.24, 2.45) is 0 Å². The summed E-state index contributed by atoms with van der Waals surface area (Å²) in [4.78, 5) is 0. The maximum Gasteiger partial charge on any atom is 0.0584 e. The summed E-state index contributed by atoms with van der Waals surface area (Å²) in [6.07, 6.45) is 1.98. The predicted octanol–water partition coefficient (Wildman–Crippen LogP) is -0.487. The van der Waals surface area contributed by atoms with Crippen LogP contribution in [-0.2, 0) is 0 Å². The normalized spacial score (nSPS) is 31.8. The smallest absolute Gasteiger partial charge is 0.0584 e. The van der Waals surface area contributed by atoms with Gasteiger partial charge in [-0.1, -0.05) is 0 Å². The van der Waals surface area contributed by atoms with Crippen molar-refractivity contribution in [2.45, 2.75) is 24.9 Å². The van der Waals surface area contributed by atoms with Crippen LogP contribution in [0.15, 0.2) is 0 Å². The topological polar surface area (TPSA) is 52.5 Å². The number of rotatable bonds is 2. The Kier molecular flexibility index (Phi) is 4.99. The Morgan fingerprint density at radius 2 is 1.50 bits per heavy atom. The zero-order chi connectivity index (χ0) is 6.69. The van der Waals surface area contributed by atoms with Gasteiger partial charge in [0.05, 0.1) is 13.2 Å². The van der Waals surface area contributed by atoms with Crippen molar-refractivity contribution >= 4 is 12.4 Å². The van der Waals surface area contributed by atoms with E-state index >= 15 is 0 Å². The third kappa shape index (κ3) is 2.42. The van der Waals surface area contributed by atoms with Crippen LogP contribution in [-0.4, -0.2) is 35.5 Å². The molecule has 0 bridgehead atoms. The Labute approximate surface area is 66.8 Å². The van der Waals surface area contributed by atoms with Crippen molar-refractivity contribution in [3.63, 3.8) is 0 Å². The third-order valence-corrected chi connectivity index (χ3v) is 1.78. The molecule has 0 aromatic rings. The second kappa shape index (κ2) is 4.91. The van der Waals surface area contributed by atoms with Crippen LogP contribution in [0.4, 0.5) is 0 Å². The van der Waals surface area contributed by atoms with Gasteiger partial charge in [0.25, 0.3) is 0 Å². The lowest BCUT2D eigenvalue weighted by Gasteiger charge is -2.08. The van der Waals surface area contributed by atoms with Crippen LogP contribution < -0.4 is 5.32 Å². The van der Waals surface area contributed by atoms with Crippen LogP contribution in [0.2, 0.25) is 0 Å². The van der Waals surface area contributed by atoms with E-state index in [4.69, 9.17) is 10.2 Å². The molecule has 3 N–H and O–H groups in total. The van der Waals surface area contributed by atoms with Gasteiger partial charge in [0, 0.05) is 12.1 Å². The van der Waals surface area contributed by atoms with Crippen LogP contribution in [0.1, 0.15) is 12.8 Å². The predicted molar refractivity (Wildman–Crippen MR) is 41.4 cm³/mol. The molecule has 0 aromatic heterocycles. The van der Waals surface area contributed by atoms with Crippen molar-refractivity contribution in [1.82, 2.24) is 5.32 Å². The lowest BCUT2D eigenvalue weighted by Crippen LogP contribution is -2.33. The minimum atomic E-state index is 0. The molecule has 1 saturated heterocycles. The Balaban J connectivity index is 0.000000810. The highest BCUT2D eigenvalue weighted by Gasteiger charge is 2.21. The number of aliphatic hydroxyl groups is 2. The van der Waals surface area contributed by atoms with Gasteiger partial charge in [-0.2, -0.15) is 0 Å². The van der Waals surface area contributed by atoms with Crippen molar-refractivity contribution in [2.75, 3.05) is 13.2 Å². The molecular formula is C6H14ClNO2. The van der Waals surface area contributed by atoms with Crippen LogP contribution in [0, 0.1) is 0 Å². The van der Waals surface area contributed by atoms with E-state index in [9.17, 15) is 0 Å². The Hall–Kier alpha value is 0.170. The molecule has 62 valence electrons. The van der Waals surface area contributed by atoms with Gasteiger partial charge in [-0.3, -0.25) is 0 Å². The molecule has 1 fully saturated rings. The van der Waals surface area contributed by atoms with Crippen molar-refractivity contribution in [3.8, 4) is 0 Å². The zero-order valence-corrected chi connectivity index (χ0v) is 6.60. The van der Waals surface area contributed by atoms with E-state index in [1.165, 1.54) is 0 Å². The molecule has 1 aliphatic heterocycles. The Bertz CT molecular complexity index is 81.8. The summed E-state index contributed by atoms with van der Waals surface area (Å²) in [7, 11) is 0. The Morgan fingerprint density at radius 1 is 1.10 bits per heavy atom. The molecule has 0 amide bonds. The van der Waals surface area contributed by atoms with Crippen molar-refractivity contribution in [3.05, 3.63) is 0 Å². The van der Waals surface area contributed by atoms with Crippen molar-refractivity contribution in [1.29, 1.82) is 0 Å². The summed E-state index contributed by atoms with van der Waals surface area (Å²) in [6, 6.07) is 0.448. The van der Waals surface area contributed by atoms with E-state index in [1.807, 2.05) is 0 Å². The van der Waals surface area contributed by atoms with E-state index in [1.54, 1.807) is 0 Å². The highest BCUT2D eigenvalue weighted by Crippen LogP contribution is 2.10. The van der Waals surface area contributed by atoms with Gasteiger partial charge >= 0.3 is 0 Å². The Morgan fingerprint density at radius 3 is 1.70 bits per heavy atom. The molecule has 0 aromatic carbocycles. The molecule has 10 heavy (non-hydrogen) atoms. The molecule has 0 aliphatic carbocycles. The summed E-state index contributed by atoms with van der Waals surface area (Å²) in [5, 5.41) is 20.4. The van der Waals surface area contributed by atoms with E-state index in [2.05, 4.69) is 5.32 Å². The number of hydrogen-bond donors (Lipinski definition) is 3. The van der Waals surface area contributed by atoms with Gasteiger partial charge in [-0.15, -0.1) is 12.4 Å². The molecule has 4 heteroatoms. The first-order valence-electron chi connectivity index (χ1n) is 3.34. The fourth-order valence-corrected chi connectivity index (χ4v) is 1.19. The summed E-state index contributed by atoms with van der Waals surface area (Å²) in [5.41, 5.74) is 0. The quantitative estimate of drug-likeness (QED) is 0.521. The first-order chi connectivity index (χ1) is 4.36. The summed E-state index contributed by atoms with van der Waals surface area (Å²) in [6.45, 7) is 0.382. The van der Waals surface area contributed by atoms with E-state index in [-0.39, 0.29) is 37.7 Å². The van der Waals surface area contributed by atoms with E-state index in [0.717, 1.165) is 12.8 Å². The molecule has 0 radical (unpaired) electrons. The lowest BCUT2D eigenvalue weighted by molar-refractivity contribution is 0.227. The molecule has 3 nitrogen and oxygen atoms in total. The molecule has 2 atom stereocenters. The first-order valence-corrected chi connectivity index (χ1v) is 3.34. The second-order valence-electron chi connectivity index (χ2n) is 2.50. The lowest BCUT2D eigenvalue weighted by atomic mass is 10.2. The molecule has 0 saturated carbocycles. The van der Waals surface area contributed by atoms with E-state index < -0.39 is 0 Å². The SMILES string of the molecule is Cl.OC[C@H]1CC[C@H](CO)N1. The largest absolute Gasteiger partial charge is 0.395 e. The van der Waals surface area contributed by atoms with Gasteiger partial charge in [0.2, 0.25) is 0 Å². The van der Waals surface area contributed by atoms with Gasteiger partial charge < -0.3 is 15.5 Å². The third-order valence-electron chi connectivity index (χ3n) is 1.78. The van der Waals surface area contributed by atoms with E-state index in [0.29, 0.717) is 0 Å². The second-order valence-corrected chi connectivity index (χ2v) is 2.50. The van der Waals surface area contributed by atoms with Crippen LogP contribution >= 0.6 is 12.4 Å². The maximum absolute atomic E-state index is 8.64. The van der Waals surface area contributed by atoms with Gasteiger partial charge in [0.15, 0.2) is 0 Å². The summed E-state index contributed by atoms with van der Waals surface area (Å²) < 4.78 is 0. The van der Waals surface area contributed by atoms with Crippen LogP contribution in [0.3, 0.4) is 0 Å². The minimum Gasteiger partial charge on any atom is -0.395 e. The fourth-order valence-electron chi connectivity index (χ4n) is 1.19. The standard InChI is InChI=1S/C6H13NO2.ClH/c8-3-5-1-2-6(4-9)7-5;/h5-9H,1-4H2;1H/t5-,6-;/m1./s1. The molecule has 0 spiro atoms. The highest BCUT2D eigenvalue weighted by molar-refractivity contribution is 5.85. The molecule has 1 heterocycles. The highest BCUT2D eigenvalue weighted by atomic mass is 35.5. The molecule has 0 unspecified atom stereocenters. The van der Waals surface area contributed by atoms with Gasteiger partial charge in [0.1, 0.15) is 0 Å². The number of nitrogens with one attached hydrogen (secondary N) is 1. The summed E-state index contributed by atoms with van der Waals surface area (Å²) >= 11 is 0. The van der Waals surface area contributed by atoms with Crippen molar-refractivity contribution < 1.29 is 10.2 Å². The average molecular weight is 168 g/mol. The first kappa shape index (κ1) is 10.2. The molecular weight excluding hydrogens is 154 g/mol. The maximum atomic E-state index is 8.64. The molecule has 1 rings (SSSR count).